The third-order valence-corrected chi connectivity index (χ3v) is 3.22. The topological polar surface area (TPSA) is 49.5 Å². The number of hydrogen-bond donors (Lipinski definition) is 2. The second-order valence-electron chi connectivity index (χ2n) is 4.62. The van der Waals surface area contributed by atoms with Crippen LogP contribution in [0, 0.1) is 0 Å². The first-order chi connectivity index (χ1) is 9.82. The number of nitrogens with zero attached hydrogens (tertiary/aromatic N) is 1. The van der Waals surface area contributed by atoms with Gasteiger partial charge < -0.3 is 15.7 Å². The molecule has 0 amide bonds. The van der Waals surface area contributed by atoms with E-state index in [9.17, 15) is 18.3 Å². The Balaban J connectivity index is 2.41. The summed E-state index contributed by atoms with van der Waals surface area (Å²) in [6, 6.07) is 10.3. The van der Waals surface area contributed by atoms with Gasteiger partial charge in [-0.05, 0) is 35.9 Å². The summed E-state index contributed by atoms with van der Waals surface area (Å²) in [6.45, 7) is -0.198. The van der Waals surface area contributed by atoms with Crippen molar-refractivity contribution in [1.82, 2.24) is 0 Å². The number of aromatic hydroxyl groups is 1. The molecular weight excluding hydrogens is 281 g/mol. The van der Waals surface area contributed by atoms with Gasteiger partial charge in [-0.15, -0.1) is 0 Å². The maximum atomic E-state index is 12.8. The SMILES string of the molecule is CN(c1cccc(O)c1)c1ccc(C(F)(F)F)c(CN)c1. The lowest BCUT2D eigenvalue weighted by Crippen LogP contribution is -2.15. The third-order valence-electron chi connectivity index (χ3n) is 3.22. The molecule has 2 aromatic carbocycles. The van der Waals surface area contributed by atoms with E-state index in [1.165, 1.54) is 24.3 Å². The molecular formula is C15H15F3N2O. The summed E-state index contributed by atoms with van der Waals surface area (Å²) in [7, 11) is 1.71. The Morgan fingerprint density at radius 1 is 1.10 bits per heavy atom. The summed E-state index contributed by atoms with van der Waals surface area (Å²) in [5.41, 5.74) is 5.96. The van der Waals surface area contributed by atoms with Gasteiger partial charge in [0.15, 0.2) is 0 Å². The van der Waals surface area contributed by atoms with Crippen molar-refractivity contribution in [1.29, 1.82) is 0 Å². The molecule has 0 fully saturated rings. The van der Waals surface area contributed by atoms with Crippen molar-refractivity contribution in [3.05, 3.63) is 53.6 Å². The zero-order valence-electron chi connectivity index (χ0n) is 11.4. The van der Waals surface area contributed by atoms with Crippen LogP contribution in [-0.2, 0) is 12.7 Å². The van der Waals surface area contributed by atoms with Crippen LogP contribution in [0.5, 0.6) is 5.75 Å². The minimum atomic E-state index is -4.42. The average Bonchev–Trinajstić information content (AvgIpc) is 2.44. The van der Waals surface area contributed by atoms with Crippen molar-refractivity contribution in [3.63, 3.8) is 0 Å². The van der Waals surface area contributed by atoms with Gasteiger partial charge in [0.2, 0.25) is 0 Å². The lowest BCUT2D eigenvalue weighted by atomic mass is 10.1. The standard InChI is InChI=1S/C15H15F3N2O/c1-20(11-3-2-4-13(21)8-11)12-5-6-14(15(16,17)18)10(7-12)9-19/h2-8,21H,9,19H2,1H3. The number of phenols is 1. The van der Waals surface area contributed by atoms with Crippen LogP contribution in [0.1, 0.15) is 11.1 Å². The second kappa shape index (κ2) is 5.65. The van der Waals surface area contributed by atoms with Crippen LogP contribution in [0.25, 0.3) is 0 Å². The highest BCUT2D eigenvalue weighted by Gasteiger charge is 2.33. The monoisotopic (exact) mass is 296 g/mol. The van der Waals surface area contributed by atoms with Gasteiger partial charge in [-0.1, -0.05) is 6.07 Å². The van der Waals surface area contributed by atoms with E-state index in [2.05, 4.69) is 0 Å². The fourth-order valence-corrected chi connectivity index (χ4v) is 2.08. The molecule has 0 bridgehead atoms. The predicted molar refractivity (Wildman–Crippen MR) is 75.5 cm³/mol. The number of benzene rings is 2. The number of rotatable bonds is 3. The van der Waals surface area contributed by atoms with Crippen LogP contribution in [0.4, 0.5) is 24.5 Å². The minimum absolute atomic E-state index is 0.0343. The highest BCUT2D eigenvalue weighted by Crippen LogP contribution is 2.35. The lowest BCUT2D eigenvalue weighted by molar-refractivity contribution is -0.138. The summed E-state index contributed by atoms with van der Waals surface area (Å²) >= 11 is 0. The Hall–Kier alpha value is -2.21. The summed E-state index contributed by atoms with van der Waals surface area (Å²) in [6.07, 6.45) is -4.42. The van der Waals surface area contributed by atoms with Gasteiger partial charge in [0, 0.05) is 31.0 Å². The average molecular weight is 296 g/mol. The van der Waals surface area contributed by atoms with Crippen molar-refractivity contribution in [2.75, 3.05) is 11.9 Å². The molecule has 0 aromatic heterocycles. The predicted octanol–water partition coefficient (Wildman–Crippen LogP) is 3.64. The molecule has 0 saturated carbocycles. The Kier molecular flexibility index (Phi) is 4.09. The van der Waals surface area contributed by atoms with Crippen LogP contribution in [0.3, 0.4) is 0 Å². The molecule has 0 unspecified atom stereocenters. The van der Waals surface area contributed by atoms with E-state index in [0.29, 0.717) is 11.4 Å². The van der Waals surface area contributed by atoms with Gasteiger partial charge in [-0.25, -0.2) is 0 Å². The Bertz CT molecular complexity index is 641. The fraction of sp³-hybridized carbons (Fsp3) is 0.200. The van der Waals surface area contributed by atoms with Gasteiger partial charge in [-0.3, -0.25) is 0 Å². The van der Waals surface area contributed by atoms with Crippen molar-refractivity contribution < 1.29 is 18.3 Å². The molecule has 3 nitrogen and oxygen atoms in total. The summed E-state index contributed by atoms with van der Waals surface area (Å²) < 4.78 is 38.5. The van der Waals surface area contributed by atoms with Gasteiger partial charge in [0.25, 0.3) is 0 Å². The lowest BCUT2D eigenvalue weighted by Gasteiger charge is -2.22. The third kappa shape index (κ3) is 3.28. The molecule has 21 heavy (non-hydrogen) atoms. The molecule has 0 heterocycles. The molecule has 0 aliphatic carbocycles. The van der Waals surface area contributed by atoms with Crippen LogP contribution in [-0.4, -0.2) is 12.2 Å². The van der Waals surface area contributed by atoms with Crippen LogP contribution >= 0.6 is 0 Å². The number of halogens is 3. The van der Waals surface area contributed by atoms with Gasteiger partial charge in [0.1, 0.15) is 5.75 Å². The van der Waals surface area contributed by atoms with E-state index in [-0.39, 0.29) is 17.9 Å². The van der Waals surface area contributed by atoms with Crippen molar-refractivity contribution in [2.24, 2.45) is 5.73 Å². The Morgan fingerprint density at radius 2 is 1.76 bits per heavy atom. The Labute approximate surface area is 120 Å². The summed E-state index contributed by atoms with van der Waals surface area (Å²) in [5, 5.41) is 9.46. The summed E-state index contributed by atoms with van der Waals surface area (Å²) in [4.78, 5) is 1.68. The Morgan fingerprint density at radius 3 is 2.33 bits per heavy atom. The number of hydrogen-bond acceptors (Lipinski definition) is 3. The zero-order valence-corrected chi connectivity index (χ0v) is 11.4. The highest BCUT2D eigenvalue weighted by molar-refractivity contribution is 5.65. The summed E-state index contributed by atoms with van der Waals surface area (Å²) in [5.74, 6) is 0.0883. The molecule has 0 aliphatic heterocycles. The van der Waals surface area contributed by atoms with E-state index < -0.39 is 11.7 Å². The molecule has 6 heteroatoms. The number of alkyl halides is 3. The second-order valence-corrected chi connectivity index (χ2v) is 4.62. The van der Waals surface area contributed by atoms with Crippen LogP contribution < -0.4 is 10.6 Å². The zero-order chi connectivity index (χ0) is 15.6. The van der Waals surface area contributed by atoms with Crippen molar-refractivity contribution in [2.45, 2.75) is 12.7 Å². The molecule has 0 atom stereocenters. The minimum Gasteiger partial charge on any atom is -0.508 e. The smallest absolute Gasteiger partial charge is 0.416 e. The van der Waals surface area contributed by atoms with E-state index in [4.69, 9.17) is 5.73 Å². The first-order valence-corrected chi connectivity index (χ1v) is 6.26. The molecule has 2 rings (SSSR count). The molecule has 112 valence electrons. The van der Waals surface area contributed by atoms with Gasteiger partial charge >= 0.3 is 6.18 Å². The first-order valence-electron chi connectivity index (χ1n) is 6.26. The number of nitrogens with two attached hydrogens (primary N) is 1. The first kappa shape index (κ1) is 15.2. The van der Waals surface area contributed by atoms with Gasteiger partial charge in [0.05, 0.1) is 5.56 Å². The number of phenolic OH excluding ortho intramolecular Hbond substituents is 1. The maximum absolute atomic E-state index is 12.8. The van der Waals surface area contributed by atoms with Gasteiger partial charge in [-0.2, -0.15) is 13.2 Å². The van der Waals surface area contributed by atoms with E-state index >= 15 is 0 Å². The number of anilines is 2. The molecule has 3 N–H and O–H groups in total. The van der Waals surface area contributed by atoms with Crippen molar-refractivity contribution >= 4 is 11.4 Å². The molecule has 0 radical (unpaired) electrons. The van der Waals surface area contributed by atoms with Crippen LogP contribution in [0.15, 0.2) is 42.5 Å². The largest absolute Gasteiger partial charge is 0.508 e. The van der Waals surface area contributed by atoms with E-state index in [1.807, 2.05) is 0 Å². The normalized spacial score (nSPS) is 11.5. The van der Waals surface area contributed by atoms with E-state index in [1.54, 1.807) is 24.1 Å². The highest BCUT2D eigenvalue weighted by atomic mass is 19.4. The quantitative estimate of drug-likeness (QED) is 0.909. The molecule has 2 aromatic rings. The molecule has 0 aliphatic rings. The van der Waals surface area contributed by atoms with Crippen LogP contribution in [0.2, 0.25) is 0 Å². The van der Waals surface area contributed by atoms with E-state index in [0.717, 1.165) is 6.07 Å². The van der Waals surface area contributed by atoms with Crippen molar-refractivity contribution in [3.8, 4) is 5.75 Å². The fourth-order valence-electron chi connectivity index (χ4n) is 2.08. The maximum Gasteiger partial charge on any atom is 0.416 e. The molecule has 0 saturated heterocycles. The molecule has 0 spiro atoms.